The fourth-order valence-electron chi connectivity index (χ4n) is 2.89. The van der Waals surface area contributed by atoms with Crippen LogP contribution in [0.3, 0.4) is 0 Å². The van der Waals surface area contributed by atoms with Crippen molar-refractivity contribution < 1.29 is 22.7 Å². The third kappa shape index (κ3) is 9.83. The van der Waals surface area contributed by atoms with Crippen LogP contribution in [-0.4, -0.2) is 46.0 Å². The predicted molar refractivity (Wildman–Crippen MR) is 119 cm³/mol. The molecular formula is C22H35NO5S. The van der Waals surface area contributed by atoms with Gasteiger partial charge in [-0.05, 0) is 69.7 Å². The average molecular weight is 426 g/mol. The van der Waals surface area contributed by atoms with Crippen LogP contribution in [0.15, 0.2) is 29.4 Å². The van der Waals surface area contributed by atoms with Gasteiger partial charge in [0.15, 0.2) is 9.84 Å². The summed E-state index contributed by atoms with van der Waals surface area (Å²) in [6, 6.07) is 3.95. The quantitative estimate of drug-likeness (QED) is 0.188. The van der Waals surface area contributed by atoms with Crippen LogP contribution in [0.5, 0.6) is 11.5 Å². The van der Waals surface area contributed by atoms with Crippen molar-refractivity contribution in [2.24, 2.45) is 5.16 Å². The Morgan fingerprint density at radius 2 is 1.79 bits per heavy atom. The highest BCUT2D eigenvalue weighted by Gasteiger charge is 2.14. The van der Waals surface area contributed by atoms with Gasteiger partial charge in [-0.3, -0.25) is 0 Å². The molecular weight excluding hydrogens is 390 g/mol. The highest BCUT2D eigenvalue weighted by atomic mass is 32.2. The van der Waals surface area contributed by atoms with E-state index in [4.69, 9.17) is 9.47 Å². The number of benzene rings is 1. The van der Waals surface area contributed by atoms with Crippen LogP contribution in [0.4, 0.5) is 0 Å². The molecule has 0 fully saturated rings. The van der Waals surface area contributed by atoms with Crippen molar-refractivity contribution in [2.75, 3.05) is 31.8 Å². The van der Waals surface area contributed by atoms with Crippen molar-refractivity contribution in [1.29, 1.82) is 0 Å². The van der Waals surface area contributed by atoms with Crippen molar-refractivity contribution in [3.8, 4) is 11.5 Å². The highest BCUT2D eigenvalue weighted by molar-refractivity contribution is 7.92. The number of allylic oxidation sites excluding steroid dienone is 1. The van der Waals surface area contributed by atoms with Crippen LogP contribution in [0.25, 0.3) is 0 Å². The minimum absolute atomic E-state index is 0.0330. The second kappa shape index (κ2) is 13.2. The number of hydrogen-bond acceptors (Lipinski definition) is 6. The molecule has 0 aliphatic carbocycles. The maximum atomic E-state index is 12.2. The summed E-state index contributed by atoms with van der Waals surface area (Å²) >= 11 is 0. The highest BCUT2D eigenvalue weighted by Crippen LogP contribution is 2.28. The Balaban J connectivity index is 2.40. The van der Waals surface area contributed by atoms with Crippen molar-refractivity contribution >= 4 is 15.5 Å². The Kier molecular flexibility index (Phi) is 11.4. The van der Waals surface area contributed by atoms with Crippen LogP contribution in [0.1, 0.15) is 50.7 Å². The molecule has 1 rings (SSSR count). The summed E-state index contributed by atoms with van der Waals surface area (Å²) in [4.78, 5) is 4.69. The molecule has 6 nitrogen and oxygen atoms in total. The minimum Gasteiger partial charge on any atom is -0.493 e. The molecule has 0 radical (unpaired) electrons. The molecule has 0 heterocycles. The number of sulfone groups is 1. The Morgan fingerprint density at radius 1 is 1.10 bits per heavy atom. The molecule has 0 N–H and O–H groups in total. The van der Waals surface area contributed by atoms with E-state index in [-0.39, 0.29) is 11.5 Å². The van der Waals surface area contributed by atoms with Crippen molar-refractivity contribution in [3.05, 3.63) is 35.4 Å². The van der Waals surface area contributed by atoms with E-state index in [9.17, 15) is 8.42 Å². The number of oxime groups is 1. The van der Waals surface area contributed by atoms with E-state index in [2.05, 4.69) is 9.99 Å². The SMILES string of the molecule is C/C=C/COc1cc(C)c(OCCCCCS(=O)(=O)C/C(CC)=N/OC)c(C)c1. The molecule has 0 atom stereocenters. The van der Waals surface area contributed by atoms with Gasteiger partial charge >= 0.3 is 0 Å². The van der Waals surface area contributed by atoms with Gasteiger partial charge in [-0.1, -0.05) is 24.2 Å². The molecule has 0 spiro atoms. The first-order chi connectivity index (χ1) is 13.8. The number of ether oxygens (including phenoxy) is 2. The molecule has 7 heteroatoms. The largest absolute Gasteiger partial charge is 0.493 e. The van der Waals surface area contributed by atoms with E-state index < -0.39 is 9.84 Å². The fraction of sp³-hybridized carbons (Fsp3) is 0.591. The number of rotatable bonds is 14. The molecule has 0 amide bonds. The predicted octanol–water partition coefficient (Wildman–Crippen LogP) is 4.63. The second-order valence-electron chi connectivity index (χ2n) is 6.96. The maximum Gasteiger partial charge on any atom is 0.155 e. The van der Waals surface area contributed by atoms with E-state index >= 15 is 0 Å². The van der Waals surface area contributed by atoms with E-state index in [1.165, 1.54) is 7.11 Å². The van der Waals surface area contributed by atoms with Crippen LogP contribution >= 0.6 is 0 Å². The van der Waals surface area contributed by atoms with Gasteiger partial charge in [0, 0.05) is 0 Å². The zero-order chi connectivity index (χ0) is 21.7. The van der Waals surface area contributed by atoms with Crippen LogP contribution in [-0.2, 0) is 14.7 Å². The van der Waals surface area contributed by atoms with Crippen LogP contribution in [0.2, 0.25) is 0 Å². The zero-order valence-electron chi connectivity index (χ0n) is 18.4. The van der Waals surface area contributed by atoms with Crippen molar-refractivity contribution in [2.45, 2.75) is 53.4 Å². The number of aryl methyl sites for hydroxylation is 2. The summed E-state index contributed by atoms with van der Waals surface area (Å²) in [5, 5.41) is 3.77. The Bertz CT molecular complexity index is 761. The molecule has 0 aromatic heterocycles. The Labute approximate surface area is 175 Å². The second-order valence-corrected chi connectivity index (χ2v) is 9.15. The number of hydrogen-bond donors (Lipinski definition) is 0. The van der Waals surface area contributed by atoms with Gasteiger partial charge in [-0.15, -0.1) is 0 Å². The normalized spacial score (nSPS) is 12.4. The molecule has 29 heavy (non-hydrogen) atoms. The Hall–Kier alpha value is -2.02. The Morgan fingerprint density at radius 3 is 2.38 bits per heavy atom. The molecule has 164 valence electrons. The third-order valence-electron chi connectivity index (χ3n) is 4.38. The molecule has 0 bridgehead atoms. The summed E-state index contributed by atoms with van der Waals surface area (Å²) in [6.45, 7) is 8.95. The molecule has 0 saturated carbocycles. The van der Waals surface area contributed by atoms with E-state index in [0.717, 1.165) is 35.5 Å². The van der Waals surface area contributed by atoms with Crippen molar-refractivity contribution in [3.63, 3.8) is 0 Å². The van der Waals surface area contributed by atoms with E-state index in [0.29, 0.717) is 31.8 Å². The van der Waals surface area contributed by atoms with Crippen molar-refractivity contribution in [1.82, 2.24) is 0 Å². The summed E-state index contributed by atoms with van der Waals surface area (Å²) in [5.41, 5.74) is 2.63. The topological polar surface area (TPSA) is 74.2 Å². The first-order valence-electron chi connectivity index (χ1n) is 10.1. The van der Waals surface area contributed by atoms with E-state index in [1.54, 1.807) is 0 Å². The summed E-state index contributed by atoms with van der Waals surface area (Å²) in [6.07, 6.45) is 6.71. The average Bonchev–Trinajstić information content (AvgIpc) is 2.66. The lowest BCUT2D eigenvalue weighted by Crippen LogP contribution is -2.19. The minimum atomic E-state index is -3.15. The summed E-state index contributed by atoms with van der Waals surface area (Å²) in [7, 11) is -1.73. The maximum absolute atomic E-state index is 12.2. The van der Waals surface area contributed by atoms with Crippen LogP contribution in [0, 0.1) is 13.8 Å². The third-order valence-corrected chi connectivity index (χ3v) is 6.06. The van der Waals surface area contributed by atoms with E-state index in [1.807, 2.05) is 52.0 Å². The van der Waals surface area contributed by atoms with Crippen LogP contribution < -0.4 is 9.47 Å². The molecule has 0 unspecified atom stereocenters. The van der Waals surface area contributed by atoms with Gasteiger partial charge in [0.05, 0.1) is 23.8 Å². The standard InChI is InChI=1S/C22H35NO5S/c1-6-8-12-27-21-15-18(3)22(19(4)16-21)28-13-10-9-11-14-29(24,25)17-20(7-2)23-26-5/h6,8,15-16H,7,9-14,17H2,1-5H3/b8-6+,23-20+. The lowest BCUT2D eigenvalue weighted by molar-refractivity contribution is 0.212. The lowest BCUT2D eigenvalue weighted by Gasteiger charge is -2.14. The molecule has 0 aliphatic rings. The first kappa shape index (κ1) is 25.0. The summed E-state index contributed by atoms with van der Waals surface area (Å²) in [5.74, 6) is 1.83. The monoisotopic (exact) mass is 425 g/mol. The van der Waals surface area contributed by atoms with Gasteiger partial charge < -0.3 is 14.3 Å². The van der Waals surface area contributed by atoms with Gasteiger partial charge in [0.1, 0.15) is 25.2 Å². The molecule has 1 aromatic rings. The van der Waals surface area contributed by atoms with Gasteiger partial charge in [0.25, 0.3) is 0 Å². The zero-order valence-corrected chi connectivity index (χ0v) is 19.2. The smallest absolute Gasteiger partial charge is 0.155 e. The summed E-state index contributed by atoms with van der Waals surface area (Å²) < 4.78 is 35.9. The molecule has 0 saturated heterocycles. The first-order valence-corrected chi connectivity index (χ1v) is 11.9. The number of nitrogens with zero attached hydrogens (tertiary/aromatic N) is 1. The molecule has 1 aromatic carbocycles. The van der Waals surface area contributed by atoms with Gasteiger partial charge in [-0.25, -0.2) is 8.42 Å². The number of unbranched alkanes of at least 4 members (excludes halogenated alkanes) is 2. The lowest BCUT2D eigenvalue weighted by atomic mass is 10.1. The van der Waals surface area contributed by atoms with Gasteiger partial charge in [-0.2, -0.15) is 0 Å². The molecule has 0 aliphatic heterocycles. The van der Waals surface area contributed by atoms with Gasteiger partial charge in [0.2, 0.25) is 0 Å². The fourth-order valence-corrected chi connectivity index (χ4v) is 4.44.